The van der Waals surface area contributed by atoms with Crippen molar-refractivity contribution >= 4 is 11.8 Å². The quantitative estimate of drug-likeness (QED) is 0.702. The number of carbonyl (C=O) groups is 1. The monoisotopic (exact) mass is 183 g/mol. The summed E-state index contributed by atoms with van der Waals surface area (Å²) in [4.78, 5) is 10.2. The average molecular weight is 183 g/mol. The summed E-state index contributed by atoms with van der Waals surface area (Å²) in [5.41, 5.74) is 1.65. The highest BCUT2D eigenvalue weighted by molar-refractivity contribution is 5.83. The minimum Gasteiger partial charge on any atom is -0.465 e. The summed E-state index contributed by atoms with van der Waals surface area (Å²) >= 11 is 0. The maximum absolute atomic E-state index is 13.1. The third-order valence-electron chi connectivity index (χ3n) is 1.82. The summed E-state index contributed by atoms with van der Waals surface area (Å²) in [5, 5.41) is 10.4. The Hall–Kier alpha value is -1.58. The van der Waals surface area contributed by atoms with Gasteiger partial charge in [-0.3, -0.25) is 5.32 Å². The number of halogens is 1. The Balaban J connectivity index is 3.08. The predicted octanol–water partition coefficient (Wildman–Crippen LogP) is 2.53. The van der Waals surface area contributed by atoms with Crippen LogP contribution >= 0.6 is 0 Å². The van der Waals surface area contributed by atoms with Crippen molar-refractivity contribution < 1.29 is 14.3 Å². The van der Waals surface area contributed by atoms with E-state index in [1.54, 1.807) is 13.8 Å². The van der Waals surface area contributed by atoms with Crippen LogP contribution in [0, 0.1) is 19.7 Å². The fourth-order valence-corrected chi connectivity index (χ4v) is 0.992. The summed E-state index contributed by atoms with van der Waals surface area (Å²) in [6, 6.07) is 2.78. The standard InChI is InChI=1S/C9H10FNO2/c1-5-3-7(10)8(4-6(5)2)11-9(12)13/h3-4,11H,1-2H3,(H,12,13). The number of amides is 1. The molecule has 1 amide bonds. The third kappa shape index (κ3) is 2.18. The van der Waals surface area contributed by atoms with Gasteiger partial charge in [-0.1, -0.05) is 0 Å². The number of rotatable bonds is 1. The normalized spacial score (nSPS) is 9.77. The van der Waals surface area contributed by atoms with Crippen LogP contribution in [0.5, 0.6) is 0 Å². The van der Waals surface area contributed by atoms with E-state index in [-0.39, 0.29) is 5.69 Å². The zero-order valence-electron chi connectivity index (χ0n) is 7.39. The number of benzene rings is 1. The van der Waals surface area contributed by atoms with Crippen LogP contribution in [0.4, 0.5) is 14.9 Å². The minimum atomic E-state index is -1.26. The van der Waals surface area contributed by atoms with Gasteiger partial charge in [0.2, 0.25) is 0 Å². The van der Waals surface area contributed by atoms with Crippen LogP contribution in [0.2, 0.25) is 0 Å². The molecular weight excluding hydrogens is 173 g/mol. The maximum atomic E-state index is 13.1. The van der Waals surface area contributed by atoms with Gasteiger partial charge in [-0.2, -0.15) is 0 Å². The van der Waals surface area contributed by atoms with Crippen molar-refractivity contribution in [1.29, 1.82) is 0 Å². The summed E-state index contributed by atoms with van der Waals surface area (Å²) in [7, 11) is 0. The smallest absolute Gasteiger partial charge is 0.409 e. The zero-order valence-corrected chi connectivity index (χ0v) is 7.39. The van der Waals surface area contributed by atoms with Crippen molar-refractivity contribution in [3.63, 3.8) is 0 Å². The molecule has 1 aromatic rings. The molecule has 1 aromatic carbocycles. The van der Waals surface area contributed by atoms with Crippen molar-refractivity contribution in [3.8, 4) is 0 Å². The Morgan fingerprint density at radius 3 is 2.46 bits per heavy atom. The van der Waals surface area contributed by atoms with E-state index in [0.717, 1.165) is 11.1 Å². The Morgan fingerprint density at radius 1 is 1.38 bits per heavy atom. The Morgan fingerprint density at radius 2 is 1.92 bits per heavy atom. The van der Waals surface area contributed by atoms with Gasteiger partial charge in [0.1, 0.15) is 5.82 Å². The van der Waals surface area contributed by atoms with Crippen molar-refractivity contribution in [3.05, 3.63) is 29.1 Å². The highest BCUT2D eigenvalue weighted by Gasteiger charge is 2.06. The van der Waals surface area contributed by atoms with Crippen molar-refractivity contribution in [2.45, 2.75) is 13.8 Å². The third-order valence-corrected chi connectivity index (χ3v) is 1.82. The van der Waals surface area contributed by atoms with E-state index in [1.165, 1.54) is 12.1 Å². The second kappa shape index (κ2) is 3.43. The van der Waals surface area contributed by atoms with E-state index >= 15 is 0 Å². The van der Waals surface area contributed by atoms with Crippen molar-refractivity contribution in [2.24, 2.45) is 0 Å². The number of anilines is 1. The molecule has 0 fully saturated rings. The molecule has 3 nitrogen and oxygen atoms in total. The second-order valence-electron chi connectivity index (χ2n) is 2.85. The van der Waals surface area contributed by atoms with E-state index in [4.69, 9.17) is 5.11 Å². The number of hydrogen-bond donors (Lipinski definition) is 2. The molecule has 0 spiro atoms. The lowest BCUT2D eigenvalue weighted by molar-refractivity contribution is 0.209. The molecule has 0 saturated carbocycles. The number of nitrogens with one attached hydrogen (secondary N) is 1. The summed E-state index contributed by atoms with van der Waals surface area (Å²) in [6.07, 6.45) is -1.26. The molecule has 0 saturated heterocycles. The fourth-order valence-electron chi connectivity index (χ4n) is 0.992. The summed E-state index contributed by atoms with van der Waals surface area (Å²) in [5.74, 6) is -0.550. The first-order chi connectivity index (χ1) is 6.00. The second-order valence-corrected chi connectivity index (χ2v) is 2.85. The number of aryl methyl sites for hydroxylation is 2. The first-order valence-electron chi connectivity index (χ1n) is 3.77. The molecule has 0 aliphatic rings. The SMILES string of the molecule is Cc1cc(F)c(NC(=O)O)cc1C. The predicted molar refractivity (Wildman–Crippen MR) is 47.5 cm³/mol. The van der Waals surface area contributed by atoms with Gasteiger partial charge in [0.15, 0.2) is 0 Å². The molecule has 0 unspecified atom stereocenters. The molecule has 0 aromatic heterocycles. The lowest BCUT2D eigenvalue weighted by atomic mass is 10.1. The molecule has 4 heteroatoms. The summed E-state index contributed by atoms with van der Waals surface area (Å²) in [6.45, 7) is 3.56. The van der Waals surface area contributed by atoms with E-state index in [1.807, 2.05) is 5.32 Å². The van der Waals surface area contributed by atoms with Gasteiger partial charge in [0.05, 0.1) is 5.69 Å². The van der Waals surface area contributed by atoms with Crippen molar-refractivity contribution in [2.75, 3.05) is 5.32 Å². The van der Waals surface area contributed by atoms with Gasteiger partial charge in [-0.25, -0.2) is 9.18 Å². The Bertz CT molecular complexity index is 350. The van der Waals surface area contributed by atoms with Crippen LogP contribution < -0.4 is 5.32 Å². The van der Waals surface area contributed by atoms with Crippen LogP contribution in [-0.2, 0) is 0 Å². The van der Waals surface area contributed by atoms with Crippen molar-refractivity contribution in [1.82, 2.24) is 0 Å². The van der Waals surface area contributed by atoms with Crippen LogP contribution in [-0.4, -0.2) is 11.2 Å². The van der Waals surface area contributed by atoms with E-state index in [0.29, 0.717) is 0 Å². The van der Waals surface area contributed by atoms with Gasteiger partial charge in [0, 0.05) is 0 Å². The lowest BCUT2D eigenvalue weighted by Gasteiger charge is -2.06. The first kappa shape index (κ1) is 9.51. The first-order valence-corrected chi connectivity index (χ1v) is 3.77. The number of hydrogen-bond acceptors (Lipinski definition) is 1. The highest BCUT2D eigenvalue weighted by Crippen LogP contribution is 2.18. The number of carboxylic acid groups (broad SMARTS) is 1. The fraction of sp³-hybridized carbons (Fsp3) is 0.222. The van der Waals surface area contributed by atoms with E-state index in [9.17, 15) is 9.18 Å². The molecule has 0 aliphatic carbocycles. The Labute approximate surface area is 75.2 Å². The van der Waals surface area contributed by atoms with Gasteiger partial charge in [-0.05, 0) is 37.1 Å². The van der Waals surface area contributed by atoms with Crippen LogP contribution in [0.1, 0.15) is 11.1 Å². The van der Waals surface area contributed by atoms with E-state index < -0.39 is 11.9 Å². The van der Waals surface area contributed by atoms with E-state index in [2.05, 4.69) is 0 Å². The molecule has 1 rings (SSSR count). The summed E-state index contributed by atoms with van der Waals surface area (Å²) < 4.78 is 13.1. The highest BCUT2D eigenvalue weighted by atomic mass is 19.1. The molecule has 0 bridgehead atoms. The minimum absolute atomic E-state index is 0.00407. The molecule has 0 aliphatic heterocycles. The van der Waals surface area contributed by atoms with Crippen LogP contribution in [0.25, 0.3) is 0 Å². The molecule has 70 valence electrons. The average Bonchev–Trinajstić information content (AvgIpc) is 1.99. The largest absolute Gasteiger partial charge is 0.465 e. The molecule has 0 atom stereocenters. The van der Waals surface area contributed by atoms with Crippen LogP contribution in [0.3, 0.4) is 0 Å². The molecule has 0 heterocycles. The molecule has 2 N–H and O–H groups in total. The van der Waals surface area contributed by atoms with Crippen LogP contribution in [0.15, 0.2) is 12.1 Å². The van der Waals surface area contributed by atoms with Gasteiger partial charge in [-0.15, -0.1) is 0 Å². The Kier molecular flexibility index (Phi) is 2.51. The lowest BCUT2D eigenvalue weighted by Crippen LogP contribution is -2.09. The molecule has 0 radical (unpaired) electrons. The van der Waals surface area contributed by atoms with Gasteiger partial charge < -0.3 is 5.11 Å². The maximum Gasteiger partial charge on any atom is 0.409 e. The molecular formula is C9H10FNO2. The van der Waals surface area contributed by atoms with Gasteiger partial charge >= 0.3 is 6.09 Å². The topological polar surface area (TPSA) is 49.3 Å². The molecule has 13 heavy (non-hydrogen) atoms. The van der Waals surface area contributed by atoms with Gasteiger partial charge in [0.25, 0.3) is 0 Å². The zero-order chi connectivity index (χ0) is 10.0.